The molecule has 0 aliphatic heterocycles. The fourth-order valence-electron chi connectivity index (χ4n) is 2.21. The molecule has 0 fully saturated rings. The summed E-state index contributed by atoms with van der Waals surface area (Å²) in [6, 6.07) is 12.9. The number of phenols is 1. The molecule has 0 unspecified atom stereocenters. The number of amides is 1. The van der Waals surface area contributed by atoms with Gasteiger partial charge in [-0.2, -0.15) is 5.10 Å². The molecule has 7 nitrogen and oxygen atoms in total. The van der Waals surface area contributed by atoms with E-state index >= 15 is 0 Å². The van der Waals surface area contributed by atoms with E-state index in [1.54, 1.807) is 55.5 Å². The van der Waals surface area contributed by atoms with Crippen LogP contribution in [0.5, 0.6) is 11.5 Å². The van der Waals surface area contributed by atoms with Crippen LogP contribution >= 0.6 is 0 Å². The number of ether oxygens (including phenoxy) is 2. The lowest BCUT2D eigenvalue weighted by Gasteiger charge is -2.08. The van der Waals surface area contributed by atoms with Gasteiger partial charge in [0.1, 0.15) is 11.5 Å². The normalized spacial score (nSPS) is 11.0. The molecule has 0 bridgehead atoms. The van der Waals surface area contributed by atoms with Gasteiger partial charge in [0, 0.05) is 0 Å². The summed E-state index contributed by atoms with van der Waals surface area (Å²) in [5, 5.41) is 13.4. The monoisotopic (exact) mass is 370 g/mol. The fourth-order valence-corrected chi connectivity index (χ4v) is 2.21. The summed E-state index contributed by atoms with van der Waals surface area (Å²) in [5.41, 5.74) is 4.36. The van der Waals surface area contributed by atoms with Gasteiger partial charge in [-0.25, -0.2) is 10.2 Å². The second-order valence-corrected chi connectivity index (χ2v) is 5.53. The average Bonchev–Trinajstić information content (AvgIpc) is 2.68. The molecule has 0 heterocycles. The van der Waals surface area contributed by atoms with Crippen LogP contribution in [0.1, 0.15) is 36.2 Å². The quantitative estimate of drug-likeness (QED) is 0.423. The van der Waals surface area contributed by atoms with Crippen molar-refractivity contribution in [2.75, 3.05) is 13.2 Å². The highest BCUT2D eigenvalue weighted by Crippen LogP contribution is 2.13. The van der Waals surface area contributed by atoms with Crippen molar-refractivity contribution in [1.82, 2.24) is 5.43 Å². The summed E-state index contributed by atoms with van der Waals surface area (Å²) in [5.74, 6) is -0.191. The Labute approximate surface area is 157 Å². The van der Waals surface area contributed by atoms with Crippen LogP contribution in [0.3, 0.4) is 0 Å². The van der Waals surface area contributed by atoms with Crippen LogP contribution in [0, 0.1) is 0 Å². The van der Waals surface area contributed by atoms with E-state index in [9.17, 15) is 14.7 Å². The Morgan fingerprint density at radius 2 is 1.63 bits per heavy atom. The van der Waals surface area contributed by atoms with Gasteiger partial charge >= 0.3 is 5.97 Å². The Balaban J connectivity index is 1.88. The summed E-state index contributed by atoms with van der Waals surface area (Å²) in [6.45, 7) is 3.75. The second kappa shape index (κ2) is 9.96. The molecule has 0 spiro atoms. The number of nitrogens with zero attached hydrogens (tertiary/aromatic N) is 1. The van der Waals surface area contributed by atoms with Crippen LogP contribution in [0.15, 0.2) is 53.6 Å². The molecule has 1 amide bonds. The predicted molar refractivity (Wildman–Crippen MR) is 101 cm³/mol. The molecule has 0 radical (unpaired) electrons. The highest BCUT2D eigenvalue weighted by molar-refractivity contribution is 6.01. The molecule has 0 saturated heterocycles. The van der Waals surface area contributed by atoms with E-state index in [-0.39, 0.29) is 12.4 Å². The zero-order valence-corrected chi connectivity index (χ0v) is 15.3. The number of carbonyl (C=O) groups is 2. The van der Waals surface area contributed by atoms with Gasteiger partial charge in [0.25, 0.3) is 5.91 Å². The lowest BCUT2D eigenvalue weighted by atomic mass is 10.1. The van der Waals surface area contributed by atoms with E-state index in [4.69, 9.17) is 9.47 Å². The molecule has 0 saturated carbocycles. The first-order valence-electron chi connectivity index (χ1n) is 8.58. The maximum absolute atomic E-state index is 11.9. The third kappa shape index (κ3) is 6.14. The van der Waals surface area contributed by atoms with Gasteiger partial charge in [-0.1, -0.05) is 6.92 Å². The number of hydrogen-bond acceptors (Lipinski definition) is 6. The van der Waals surface area contributed by atoms with Crippen molar-refractivity contribution in [3.8, 4) is 11.5 Å². The molecule has 142 valence electrons. The minimum Gasteiger partial charge on any atom is -0.508 e. The number of carbonyl (C=O) groups excluding carboxylic acids is 2. The standard InChI is InChI=1S/C20H22N2O5/c1-3-18(14-5-9-16(23)10-6-14)21-22-19(24)13-27-17-11-7-15(8-12-17)20(25)26-4-2/h5-12,23H,3-4,13H2,1-2H3,(H,22,24)/b21-18+. The lowest BCUT2D eigenvalue weighted by molar-refractivity contribution is -0.123. The summed E-state index contributed by atoms with van der Waals surface area (Å²) in [7, 11) is 0. The maximum atomic E-state index is 11.9. The van der Waals surface area contributed by atoms with Crippen molar-refractivity contribution in [2.45, 2.75) is 20.3 Å². The van der Waals surface area contributed by atoms with Gasteiger partial charge in [-0.05, 0) is 67.4 Å². The SMILES string of the molecule is CCOC(=O)c1ccc(OCC(=O)N/N=C(\CC)c2ccc(O)cc2)cc1. The molecule has 7 heteroatoms. The summed E-state index contributed by atoms with van der Waals surface area (Å²) in [4.78, 5) is 23.5. The van der Waals surface area contributed by atoms with Crippen LogP contribution in [-0.4, -0.2) is 35.9 Å². The Morgan fingerprint density at radius 3 is 2.22 bits per heavy atom. The first kappa shape index (κ1) is 20.0. The number of hydrogen-bond donors (Lipinski definition) is 2. The minimum atomic E-state index is -0.408. The van der Waals surface area contributed by atoms with E-state index in [0.29, 0.717) is 30.1 Å². The van der Waals surface area contributed by atoms with Crippen LogP contribution in [0.4, 0.5) is 0 Å². The van der Waals surface area contributed by atoms with E-state index in [2.05, 4.69) is 10.5 Å². The van der Waals surface area contributed by atoms with Crippen molar-refractivity contribution < 1.29 is 24.2 Å². The third-order valence-corrected chi connectivity index (χ3v) is 3.59. The van der Waals surface area contributed by atoms with Crippen molar-refractivity contribution in [3.63, 3.8) is 0 Å². The van der Waals surface area contributed by atoms with Crippen LogP contribution < -0.4 is 10.2 Å². The molecule has 2 N–H and O–H groups in total. The molecule has 2 rings (SSSR count). The second-order valence-electron chi connectivity index (χ2n) is 5.53. The van der Waals surface area contributed by atoms with Crippen LogP contribution in [0.2, 0.25) is 0 Å². The molecule has 0 aliphatic rings. The number of hydrazone groups is 1. The minimum absolute atomic E-state index is 0.167. The zero-order valence-electron chi connectivity index (χ0n) is 15.3. The first-order chi connectivity index (χ1) is 13.0. The first-order valence-corrected chi connectivity index (χ1v) is 8.58. The summed E-state index contributed by atoms with van der Waals surface area (Å²) >= 11 is 0. The van der Waals surface area contributed by atoms with Gasteiger partial charge < -0.3 is 14.6 Å². The molecule has 0 aromatic heterocycles. The zero-order chi connectivity index (χ0) is 19.6. The van der Waals surface area contributed by atoms with Gasteiger partial charge in [-0.15, -0.1) is 0 Å². The van der Waals surface area contributed by atoms with Gasteiger partial charge in [0.05, 0.1) is 17.9 Å². The molecular weight excluding hydrogens is 348 g/mol. The number of esters is 1. The molecular formula is C20H22N2O5. The van der Waals surface area contributed by atoms with Crippen molar-refractivity contribution in [1.29, 1.82) is 0 Å². The maximum Gasteiger partial charge on any atom is 0.338 e. The predicted octanol–water partition coefficient (Wildman–Crippen LogP) is 2.88. The average molecular weight is 370 g/mol. The van der Waals surface area contributed by atoms with Crippen molar-refractivity contribution in [3.05, 3.63) is 59.7 Å². The molecule has 0 atom stereocenters. The van der Waals surface area contributed by atoms with E-state index in [1.807, 2.05) is 6.92 Å². The topological polar surface area (TPSA) is 97.2 Å². The van der Waals surface area contributed by atoms with Crippen LogP contribution in [-0.2, 0) is 9.53 Å². The van der Waals surface area contributed by atoms with E-state index in [0.717, 1.165) is 5.56 Å². The fraction of sp³-hybridized carbons (Fsp3) is 0.250. The van der Waals surface area contributed by atoms with Crippen molar-refractivity contribution >= 4 is 17.6 Å². The van der Waals surface area contributed by atoms with Gasteiger partial charge in [0.15, 0.2) is 6.61 Å². The summed E-state index contributed by atoms with van der Waals surface area (Å²) < 4.78 is 10.3. The van der Waals surface area contributed by atoms with Gasteiger partial charge in [0.2, 0.25) is 0 Å². The number of aromatic hydroxyl groups is 1. The lowest BCUT2D eigenvalue weighted by Crippen LogP contribution is -2.26. The molecule has 2 aromatic carbocycles. The van der Waals surface area contributed by atoms with Gasteiger partial charge in [-0.3, -0.25) is 4.79 Å². The van der Waals surface area contributed by atoms with Crippen LogP contribution in [0.25, 0.3) is 0 Å². The van der Waals surface area contributed by atoms with E-state index < -0.39 is 11.9 Å². The number of rotatable bonds is 8. The Morgan fingerprint density at radius 1 is 1.00 bits per heavy atom. The number of nitrogens with one attached hydrogen (secondary N) is 1. The highest BCUT2D eigenvalue weighted by Gasteiger charge is 2.08. The molecule has 0 aliphatic carbocycles. The molecule has 2 aromatic rings. The Kier molecular flexibility index (Phi) is 7.37. The number of phenolic OH excluding ortho intramolecular Hbond substituents is 1. The molecule has 27 heavy (non-hydrogen) atoms. The Hall–Kier alpha value is -3.35. The van der Waals surface area contributed by atoms with E-state index in [1.165, 1.54) is 0 Å². The Bertz CT molecular complexity index is 798. The van der Waals surface area contributed by atoms with Crippen molar-refractivity contribution in [2.24, 2.45) is 5.10 Å². The smallest absolute Gasteiger partial charge is 0.338 e. The number of benzene rings is 2. The summed E-state index contributed by atoms with van der Waals surface area (Å²) in [6.07, 6.45) is 0.612. The highest BCUT2D eigenvalue weighted by atomic mass is 16.5. The largest absolute Gasteiger partial charge is 0.508 e. The third-order valence-electron chi connectivity index (χ3n) is 3.59.